The van der Waals surface area contributed by atoms with Gasteiger partial charge in [-0.1, -0.05) is 18.2 Å². The normalized spacial score (nSPS) is 10.7. The van der Waals surface area contributed by atoms with Gasteiger partial charge in [0, 0.05) is 24.3 Å². The molecule has 0 atom stereocenters. The predicted octanol–water partition coefficient (Wildman–Crippen LogP) is 2.24. The number of fused-ring (bicyclic) bond motifs is 1. The van der Waals surface area contributed by atoms with Crippen LogP contribution in [0.2, 0.25) is 0 Å². The number of anilines is 1. The summed E-state index contributed by atoms with van der Waals surface area (Å²) in [6.07, 6.45) is 3.56. The number of hydrogen-bond donors (Lipinski definition) is 2. The number of benzene rings is 1. The van der Waals surface area contributed by atoms with Crippen molar-refractivity contribution >= 4 is 22.7 Å². The van der Waals surface area contributed by atoms with Gasteiger partial charge in [0.05, 0.1) is 12.1 Å². The minimum Gasteiger partial charge on any atom is -0.478 e. The first kappa shape index (κ1) is 13.1. The van der Waals surface area contributed by atoms with Crippen molar-refractivity contribution in [2.45, 2.75) is 6.54 Å². The average molecular weight is 282 g/mol. The zero-order valence-electron chi connectivity index (χ0n) is 11.2. The molecule has 0 aliphatic carbocycles. The molecule has 0 saturated heterocycles. The second kappa shape index (κ2) is 5.62. The van der Waals surface area contributed by atoms with Crippen LogP contribution in [0, 0.1) is 0 Å². The van der Waals surface area contributed by atoms with Gasteiger partial charge in [-0.25, -0.2) is 9.78 Å². The third-order valence-corrected chi connectivity index (χ3v) is 3.15. The maximum Gasteiger partial charge on any atom is 0.339 e. The number of aromatic carboxylic acids is 1. The first-order valence-corrected chi connectivity index (χ1v) is 6.58. The van der Waals surface area contributed by atoms with E-state index in [0.29, 0.717) is 18.9 Å². The highest BCUT2D eigenvalue weighted by molar-refractivity contribution is 5.98. The largest absolute Gasteiger partial charge is 0.478 e. The second-order valence-electron chi connectivity index (χ2n) is 4.58. The van der Waals surface area contributed by atoms with Crippen molar-refractivity contribution in [2.75, 3.05) is 11.9 Å². The van der Waals surface area contributed by atoms with Crippen LogP contribution >= 0.6 is 0 Å². The quantitative estimate of drug-likeness (QED) is 0.750. The van der Waals surface area contributed by atoms with E-state index < -0.39 is 5.97 Å². The fourth-order valence-electron chi connectivity index (χ4n) is 2.14. The Hall–Kier alpha value is -2.89. The van der Waals surface area contributed by atoms with E-state index in [1.807, 2.05) is 36.5 Å². The zero-order valence-corrected chi connectivity index (χ0v) is 11.2. The van der Waals surface area contributed by atoms with E-state index in [-0.39, 0.29) is 5.56 Å². The molecule has 0 amide bonds. The molecule has 0 aliphatic heterocycles. The molecule has 2 heterocycles. The number of aromatic nitrogens is 3. The van der Waals surface area contributed by atoms with Crippen molar-refractivity contribution in [3.8, 4) is 0 Å². The third-order valence-electron chi connectivity index (χ3n) is 3.15. The third kappa shape index (κ3) is 2.84. The highest BCUT2D eigenvalue weighted by Crippen LogP contribution is 2.20. The Bertz CT molecular complexity index is 768. The topological polar surface area (TPSA) is 80.0 Å². The fraction of sp³-hybridized carbons (Fsp3) is 0.133. The van der Waals surface area contributed by atoms with Gasteiger partial charge >= 0.3 is 5.97 Å². The van der Waals surface area contributed by atoms with Crippen LogP contribution < -0.4 is 5.32 Å². The predicted molar refractivity (Wildman–Crippen MR) is 79.4 cm³/mol. The van der Waals surface area contributed by atoms with Gasteiger partial charge in [-0.3, -0.25) is 4.68 Å². The van der Waals surface area contributed by atoms with Crippen LogP contribution in [-0.2, 0) is 6.54 Å². The Morgan fingerprint density at radius 2 is 2.14 bits per heavy atom. The Morgan fingerprint density at radius 1 is 1.29 bits per heavy atom. The van der Waals surface area contributed by atoms with Crippen molar-refractivity contribution in [3.63, 3.8) is 0 Å². The Balaban J connectivity index is 1.85. The van der Waals surface area contributed by atoms with Gasteiger partial charge in [-0.15, -0.1) is 0 Å². The van der Waals surface area contributed by atoms with Gasteiger partial charge in [0.25, 0.3) is 0 Å². The lowest BCUT2D eigenvalue weighted by molar-refractivity contribution is 0.0698. The number of pyridine rings is 1. The molecule has 1 aromatic carbocycles. The zero-order chi connectivity index (χ0) is 14.7. The molecule has 0 unspecified atom stereocenters. The molecule has 0 fully saturated rings. The Morgan fingerprint density at radius 3 is 2.90 bits per heavy atom. The number of carboxylic acids is 1. The lowest BCUT2D eigenvalue weighted by Gasteiger charge is -2.10. The number of rotatable bonds is 5. The number of carbonyl (C=O) groups is 1. The standard InChI is InChI=1S/C15H14N4O2/c20-15(21)12-10-11-4-1-2-5-13(11)18-14(12)16-7-9-19-8-3-6-17-19/h1-6,8,10H,7,9H2,(H,16,18)(H,20,21). The number of carboxylic acid groups (broad SMARTS) is 1. The molecule has 3 aromatic rings. The molecule has 0 bridgehead atoms. The Labute approximate surface area is 121 Å². The summed E-state index contributed by atoms with van der Waals surface area (Å²) in [5.41, 5.74) is 0.943. The summed E-state index contributed by atoms with van der Waals surface area (Å²) >= 11 is 0. The van der Waals surface area contributed by atoms with E-state index in [2.05, 4.69) is 15.4 Å². The molecule has 0 saturated carbocycles. The maximum atomic E-state index is 11.4. The summed E-state index contributed by atoms with van der Waals surface area (Å²) in [7, 11) is 0. The van der Waals surface area contributed by atoms with Crippen LogP contribution in [0.15, 0.2) is 48.8 Å². The molecule has 6 nitrogen and oxygen atoms in total. The van der Waals surface area contributed by atoms with Crippen molar-refractivity contribution in [2.24, 2.45) is 0 Å². The van der Waals surface area contributed by atoms with E-state index in [0.717, 1.165) is 10.9 Å². The van der Waals surface area contributed by atoms with Gasteiger partial charge in [0.15, 0.2) is 0 Å². The molecule has 2 N–H and O–H groups in total. The van der Waals surface area contributed by atoms with Crippen molar-refractivity contribution in [3.05, 3.63) is 54.4 Å². The van der Waals surface area contributed by atoms with Crippen LogP contribution in [0.5, 0.6) is 0 Å². The van der Waals surface area contributed by atoms with Crippen LogP contribution in [0.25, 0.3) is 10.9 Å². The summed E-state index contributed by atoms with van der Waals surface area (Å²) in [5, 5.41) is 17.3. The lowest BCUT2D eigenvalue weighted by atomic mass is 10.1. The molecule has 0 aliphatic rings. The summed E-state index contributed by atoms with van der Waals surface area (Å²) < 4.78 is 1.77. The van der Waals surface area contributed by atoms with Gasteiger partial charge in [-0.05, 0) is 18.2 Å². The van der Waals surface area contributed by atoms with Crippen LogP contribution in [-0.4, -0.2) is 32.4 Å². The van der Waals surface area contributed by atoms with E-state index in [1.54, 1.807) is 16.9 Å². The van der Waals surface area contributed by atoms with E-state index in [1.165, 1.54) is 0 Å². The first-order valence-electron chi connectivity index (χ1n) is 6.58. The van der Waals surface area contributed by atoms with Crippen LogP contribution in [0.3, 0.4) is 0 Å². The molecule has 21 heavy (non-hydrogen) atoms. The van der Waals surface area contributed by atoms with Crippen LogP contribution in [0.1, 0.15) is 10.4 Å². The smallest absolute Gasteiger partial charge is 0.339 e. The lowest BCUT2D eigenvalue weighted by Crippen LogP contribution is -2.14. The molecule has 6 heteroatoms. The highest BCUT2D eigenvalue weighted by atomic mass is 16.4. The summed E-state index contributed by atoms with van der Waals surface area (Å²) in [4.78, 5) is 15.8. The number of para-hydroxylation sites is 1. The van der Waals surface area contributed by atoms with Gasteiger partial charge in [0.1, 0.15) is 11.4 Å². The molecule has 106 valence electrons. The molecule has 2 aromatic heterocycles. The van der Waals surface area contributed by atoms with Crippen molar-refractivity contribution in [1.82, 2.24) is 14.8 Å². The van der Waals surface area contributed by atoms with E-state index >= 15 is 0 Å². The van der Waals surface area contributed by atoms with Crippen molar-refractivity contribution < 1.29 is 9.90 Å². The van der Waals surface area contributed by atoms with E-state index in [9.17, 15) is 9.90 Å². The van der Waals surface area contributed by atoms with Gasteiger partial charge in [0.2, 0.25) is 0 Å². The summed E-state index contributed by atoms with van der Waals surface area (Å²) in [6, 6.07) is 10.9. The number of nitrogens with one attached hydrogen (secondary N) is 1. The molecule has 3 rings (SSSR count). The monoisotopic (exact) mass is 282 g/mol. The molecular weight excluding hydrogens is 268 g/mol. The molecule has 0 spiro atoms. The average Bonchev–Trinajstić information content (AvgIpc) is 2.99. The summed E-state index contributed by atoms with van der Waals surface area (Å²) in [5.74, 6) is -0.608. The van der Waals surface area contributed by atoms with Gasteiger partial charge in [-0.2, -0.15) is 5.10 Å². The van der Waals surface area contributed by atoms with Gasteiger partial charge < -0.3 is 10.4 Å². The minimum atomic E-state index is -0.991. The minimum absolute atomic E-state index is 0.175. The highest BCUT2D eigenvalue weighted by Gasteiger charge is 2.12. The SMILES string of the molecule is O=C(O)c1cc2ccccc2nc1NCCn1cccn1. The number of nitrogens with zero attached hydrogens (tertiary/aromatic N) is 3. The number of hydrogen-bond acceptors (Lipinski definition) is 4. The summed E-state index contributed by atoms with van der Waals surface area (Å²) in [6.45, 7) is 1.19. The van der Waals surface area contributed by atoms with Crippen molar-refractivity contribution in [1.29, 1.82) is 0 Å². The molecule has 0 radical (unpaired) electrons. The van der Waals surface area contributed by atoms with Crippen LogP contribution in [0.4, 0.5) is 5.82 Å². The Kier molecular flexibility index (Phi) is 3.51. The fourth-order valence-corrected chi connectivity index (χ4v) is 2.14. The van der Waals surface area contributed by atoms with E-state index in [4.69, 9.17) is 0 Å². The first-order chi connectivity index (χ1) is 10.2. The second-order valence-corrected chi connectivity index (χ2v) is 4.58. The maximum absolute atomic E-state index is 11.4. The molecular formula is C15H14N4O2.